The fourth-order valence-electron chi connectivity index (χ4n) is 2.37. The van der Waals surface area contributed by atoms with E-state index in [2.05, 4.69) is 4.98 Å². The van der Waals surface area contributed by atoms with E-state index in [1.165, 1.54) is 7.11 Å². The molecule has 0 unspecified atom stereocenters. The van der Waals surface area contributed by atoms with Crippen LogP contribution in [-0.2, 0) is 0 Å². The zero-order valence-electron chi connectivity index (χ0n) is 11.7. The Morgan fingerprint density at radius 3 is 2.62 bits per heavy atom. The van der Waals surface area contributed by atoms with Gasteiger partial charge in [0.25, 0.3) is 5.56 Å². The van der Waals surface area contributed by atoms with Crippen LogP contribution in [0.1, 0.15) is 5.56 Å². The number of para-hydroxylation sites is 2. The molecule has 3 aromatic rings. The second-order valence-electron chi connectivity index (χ2n) is 4.79. The molecule has 0 amide bonds. The number of benzene rings is 2. The Balaban J connectivity index is 2.41. The van der Waals surface area contributed by atoms with Gasteiger partial charge >= 0.3 is 5.69 Å². The van der Waals surface area contributed by atoms with Gasteiger partial charge in [0, 0.05) is 0 Å². The van der Waals surface area contributed by atoms with E-state index in [1.807, 2.05) is 13.0 Å². The van der Waals surface area contributed by atoms with Crippen molar-refractivity contribution in [3.8, 4) is 11.4 Å². The second-order valence-corrected chi connectivity index (χ2v) is 4.79. The van der Waals surface area contributed by atoms with Gasteiger partial charge in [0.2, 0.25) is 0 Å². The van der Waals surface area contributed by atoms with Gasteiger partial charge in [0.05, 0.1) is 23.7 Å². The molecule has 5 heteroatoms. The average Bonchev–Trinajstić information content (AvgIpc) is 2.47. The molecule has 0 radical (unpaired) electrons. The Morgan fingerprint density at radius 1 is 1.10 bits per heavy atom. The number of hydrogen-bond donors (Lipinski definition) is 1. The molecule has 0 bridgehead atoms. The average molecular weight is 282 g/mol. The minimum atomic E-state index is -0.484. The van der Waals surface area contributed by atoms with Gasteiger partial charge in [-0.15, -0.1) is 0 Å². The van der Waals surface area contributed by atoms with Crippen molar-refractivity contribution in [3.05, 3.63) is 68.9 Å². The highest BCUT2D eigenvalue weighted by Crippen LogP contribution is 2.19. The van der Waals surface area contributed by atoms with E-state index in [1.54, 1.807) is 36.4 Å². The summed E-state index contributed by atoms with van der Waals surface area (Å²) in [6, 6.07) is 12.3. The maximum absolute atomic E-state index is 12.6. The van der Waals surface area contributed by atoms with Crippen LogP contribution in [0.2, 0.25) is 0 Å². The van der Waals surface area contributed by atoms with Gasteiger partial charge in [0.1, 0.15) is 5.75 Å². The first-order valence-corrected chi connectivity index (χ1v) is 6.51. The number of aromatic amines is 1. The summed E-state index contributed by atoms with van der Waals surface area (Å²) in [6.45, 7) is 1.91. The third-order valence-corrected chi connectivity index (χ3v) is 3.38. The standard InChI is InChI=1S/C16H14N2O3/c1-10-7-8-11-12(9-10)17-16(20)18(15(11)19)13-5-3-4-6-14(13)21-2/h3-9H,1-2H3,(H,17,20). The number of methoxy groups -OCH3 is 1. The Bertz CT molecular complexity index is 938. The zero-order chi connectivity index (χ0) is 15.0. The first-order chi connectivity index (χ1) is 10.1. The maximum Gasteiger partial charge on any atom is 0.333 e. The van der Waals surface area contributed by atoms with Gasteiger partial charge in [0.15, 0.2) is 0 Å². The number of hydrogen-bond acceptors (Lipinski definition) is 3. The molecule has 1 aromatic heterocycles. The number of nitrogens with one attached hydrogen (secondary N) is 1. The zero-order valence-corrected chi connectivity index (χ0v) is 11.7. The summed E-state index contributed by atoms with van der Waals surface area (Å²) in [5.41, 5.74) is 1.10. The lowest BCUT2D eigenvalue weighted by Gasteiger charge is -2.10. The predicted molar refractivity (Wildman–Crippen MR) is 81.5 cm³/mol. The Kier molecular flexibility index (Phi) is 3.10. The van der Waals surface area contributed by atoms with E-state index in [4.69, 9.17) is 4.74 Å². The van der Waals surface area contributed by atoms with Crippen molar-refractivity contribution in [1.29, 1.82) is 0 Å². The minimum Gasteiger partial charge on any atom is -0.495 e. The lowest BCUT2D eigenvalue weighted by molar-refractivity contribution is 0.412. The topological polar surface area (TPSA) is 64.1 Å². The van der Waals surface area contributed by atoms with Crippen molar-refractivity contribution >= 4 is 10.9 Å². The van der Waals surface area contributed by atoms with Gasteiger partial charge in [-0.05, 0) is 36.8 Å². The number of nitrogens with zero attached hydrogens (tertiary/aromatic N) is 1. The number of aromatic nitrogens is 2. The normalized spacial score (nSPS) is 10.8. The summed E-state index contributed by atoms with van der Waals surface area (Å²) in [6.07, 6.45) is 0. The monoisotopic (exact) mass is 282 g/mol. The number of H-pyrrole nitrogens is 1. The highest BCUT2D eigenvalue weighted by molar-refractivity contribution is 5.78. The molecular weight excluding hydrogens is 268 g/mol. The third kappa shape index (κ3) is 2.12. The first-order valence-electron chi connectivity index (χ1n) is 6.51. The maximum atomic E-state index is 12.6. The summed E-state index contributed by atoms with van der Waals surface area (Å²) < 4.78 is 6.32. The molecule has 21 heavy (non-hydrogen) atoms. The molecule has 5 nitrogen and oxygen atoms in total. The molecule has 1 N–H and O–H groups in total. The molecule has 0 aliphatic carbocycles. The van der Waals surface area contributed by atoms with Crippen LogP contribution in [0.4, 0.5) is 0 Å². The van der Waals surface area contributed by atoms with E-state index in [9.17, 15) is 9.59 Å². The van der Waals surface area contributed by atoms with Gasteiger partial charge < -0.3 is 9.72 Å². The molecule has 0 saturated heterocycles. The molecule has 3 rings (SSSR count). The SMILES string of the molecule is COc1ccccc1-n1c(=O)[nH]c2cc(C)ccc2c1=O. The van der Waals surface area contributed by atoms with Crippen LogP contribution in [0, 0.1) is 6.92 Å². The van der Waals surface area contributed by atoms with Crippen molar-refractivity contribution in [3.63, 3.8) is 0 Å². The molecule has 0 fully saturated rings. The molecule has 0 spiro atoms. The lowest BCUT2D eigenvalue weighted by atomic mass is 10.2. The summed E-state index contributed by atoms with van der Waals surface area (Å²) in [5, 5.41) is 0.464. The number of rotatable bonds is 2. The first kappa shape index (κ1) is 13.2. The van der Waals surface area contributed by atoms with Crippen LogP contribution in [0.3, 0.4) is 0 Å². The largest absolute Gasteiger partial charge is 0.495 e. The molecule has 0 saturated carbocycles. The van der Waals surface area contributed by atoms with E-state index in [-0.39, 0.29) is 5.56 Å². The highest BCUT2D eigenvalue weighted by atomic mass is 16.5. The van der Waals surface area contributed by atoms with Crippen LogP contribution in [0.25, 0.3) is 16.6 Å². The van der Waals surface area contributed by atoms with Crippen LogP contribution in [0.5, 0.6) is 5.75 Å². The lowest BCUT2D eigenvalue weighted by Crippen LogP contribution is -2.33. The van der Waals surface area contributed by atoms with Crippen LogP contribution >= 0.6 is 0 Å². The molecule has 0 aliphatic rings. The molecule has 0 aliphatic heterocycles. The molecule has 0 atom stereocenters. The van der Waals surface area contributed by atoms with E-state index < -0.39 is 5.69 Å². The molecular formula is C16H14N2O3. The predicted octanol–water partition coefficient (Wildman–Crippen LogP) is 2.00. The van der Waals surface area contributed by atoms with Crippen LogP contribution in [0.15, 0.2) is 52.1 Å². The Morgan fingerprint density at radius 2 is 1.86 bits per heavy atom. The minimum absolute atomic E-state index is 0.363. The number of aryl methyl sites for hydroxylation is 1. The summed E-state index contributed by atoms with van der Waals surface area (Å²) in [7, 11) is 1.50. The fraction of sp³-hybridized carbons (Fsp3) is 0.125. The van der Waals surface area contributed by atoms with E-state index in [0.717, 1.165) is 10.1 Å². The van der Waals surface area contributed by atoms with E-state index >= 15 is 0 Å². The molecule has 106 valence electrons. The quantitative estimate of drug-likeness (QED) is 0.782. The van der Waals surface area contributed by atoms with Crippen molar-refractivity contribution in [2.75, 3.05) is 7.11 Å². The number of ether oxygens (including phenoxy) is 1. The van der Waals surface area contributed by atoms with Crippen LogP contribution in [-0.4, -0.2) is 16.7 Å². The van der Waals surface area contributed by atoms with Gasteiger partial charge in [-0.25, -0.2) is 9.36 Å². The summed E-state index contributed by atoms with van der Waals surface area (Å²) in [5.74, 6) is 0.469. The van der Waals surface area contributed by atoms with E-state index in [0.29, 0.717) is 22.3 Å². The fourth-order valence-corrected chi connectivity index (χ4v) is 2.37. The summed E-state index contributed by atoms with van der Waals surface area (Å²) in [4.78, 5) is 27.6. The molecule has 2 aromatic carbocycles. The summed E-state index contributed by atoms with van der Waals surface area (Å²) >= 11 is 0. The number of fused-ring (bicyclic) bond motifs is 1. The van der Waals surface area contributed by atoms with Crippen molar-refractivity contribution < 1.29 is 4.74 Å². The Hall–Kier alpha value is -2.82. The molecule has 1 heterocycles. The Labute approximate surface area is 120 Å². The second kappa shape index (κ2) is 4.94. The van der Waals surface area contributed by atoms with Crippen molar-refractivity contribution in [1.82, 2.24) is 9.55 Å². The van der Waals surface area contributed by atoms with Gasteiger partial charge in [-0.1, -0.05) is 18.2 Å². The smallest absolute Gasteiger partial charge is 0.333 e. The van der Waals surface area contributed by atoms with Gasteiger partial charge in [-0.2, -0.15) is 0 Å². The van der Waals surface area contributed by atoms with Crippen molar-refractivity contribution in [2.45, 2.75) is 6.92 Å². The third-order valence-electron chi connectivity index (χ3n) is 3.38. The highest BCUT2D eigenvalue weighted by Gasteiger charge is 2.12. The van der Waals surface area contributed by atoms with Crippen LogP contribution < -0.4 is 16.0 Å². The van der Waals surface area contributed by atoms with Crippen molar-refractivity contribution in [2.24, 2.45) is 0 Å². The van der Waals surface area contributed by atoms with Gasteiger partial charge in [-0.3, -0.25) is 4.79 Å².